The van der Waals surface area contributed by atoms with Gasteiger partial charge in [-0.15, -0.1) is 0 Å². The van der Waals surface area contributed by atoms with Crippen molar-refractivity contribution in [2.75, 3.05) is 0 Å². The zero-order chi connectivity index (χ0) is 11.4. The van der Waals surface area contributed by atoms with Gasteiger partial charge in [0.1, 0.15) is 6.29 Å². The molecule has 0 spiro atoms. The predicted octanol–water partition coefficient (Wildman–Crippen LogP) is 3.00. The van der Waals surface area contributed by atoms with Crippen molar-refractivity contribution in [2.45, 2.75) is 20.8 Å². The Hall–Kier alpha value is -1.57. The number of hydrogen-bond donors (Lipinski definition) is 0. The lowest BCUT2D eigenvalue weighted by molar-refractivity contribution is -0.106. The van der Waals surface area contributed by atoms with E-state index in [9.17, 15) is 0 Å². The van der Waals surface area contributed by atoms with Gasteiger partial charge in [-0.2, -0.15) is 0 Å². The summed E-state index contributed by atoms with van der Waals surface area (Å²) in [7, 11) is 2.12. The molecule has 0 fully saturated rings. The summed E-state index contributed by atoms with van der Waals surface area (Å²) < 4.78 is 2.24. The Bertz CT molecular complexity index is 430. The third-order valence-corrected chi connectivity index (χ3v) is 2.72. The molecule has 0 aliphatic rings. The molecule has 80 valence electrons. The Morgan fingerprint density at radius 3 is 2.27 bits per heavy atom. The molecule has 0 aliphatic heterocycles. The minimum atomic E-state index is 0.750. The fourth-order valence-corrected chi connectivity index (χ4v) is 1.71. The predicted molar refractivity (Wildman–Crippen MR) is 64.1 cm³/mol. The highest BCUT2D eigenvalue weighted by molar-refractivity contribution is 5.85. The minimum absolute atomic E-state index is 0.750. The van der Waals surface area contributed by atoms with Crippen LogP contribution in [-0.2, 0) is 11.8 Å². The van der Waals surface area contributed by atoms with Crippen LogP contribution < -0.4 is 0 Å². The molecule has 1 aromatic carbocycles. The van der Waals surface area contributed by atoms with Crippen LogP contribution in [0.1, 0.15) is 18.2 Å². The number of benzene rings is 1. The molecule has 0 amide bonds. The van der Waals surface area contributed by atoms with Crippen molar-refractivity contribution in [1.82, 2.24) is 4.57 Å². The quantitative estimate of drug-likeness (QED) is 0.603. The molecule has 1 aromatic heterocycles. The summed E-state index contributed by atoms with van der Waals surface area (Å²) in [5.74, 6) is 0. The van der Waals surface area contributed by atoms with Crippen LogP contribution in [0.5, 0.6) is 0 Å². The smallest absolute Gasteiger partial charge is 0.116 e. The van der Waals surface area contributed by atoms with Crippen molar-refractivity contribution < 1.29 is 4.79 Å². The molecule has 2 rings (SSSR count). The first-order valence-electron chi connectivity index (χ1n) is 5.03. The van der Waals surface area contributed by atoms with Crippen LogP contribution in [0.4, 0.5) is 0 Å². The normalized spacial score (nSPS) is 9.60. The average molecular weight is 203 g/mol. The second-order valence-electron chi connectivity index (χ2n) is 3.52. The summed E-state index contributed by atoms with van der Waals surface area (Å²) >= 11 is 0. The van der Waals surface area contributed by atoms with Crippen molar-refractivity contribution in [2.24, 2.45) is 7.05 Å². The maximum absolute atomic E-state index is 8.81. The van der Waals surface area contributed by atoms with Gasteiger partial charge in [0.05, 0.1) is 0 Å². The van der Waals surface area contributed by atoms with E-state index in [-0.39, 0.29) is 0 Å². The highest BCUT2D eigenvalue weighted by Gasteiger charge is 2.05. The van der Waals surface area contributed by atoms with Gasteiger partial charge in [0.2, 0.25) is 0 Å². The lowest BCUT2D eigenvalue weighted by Crippen LogP contribution is -1.89. The summed E-state index contributed by atoms with van der Waals surface area (Å²) in [6.45, 7) is 5.78. The van der Waals surface area contributed by atoms with Gasteiger partial charge in [-0.25, -0.2) is 0 Å². The highest BCUT2D eigenvalue weighted by Crippen LogP contribution is 2.22. The fraction of sp³-hybridized carbons (Fsp3) is 0.308. The topological polar surface area (TPSA) is 22.0 Å². The highest BCUT2D eigenvalue weighted by atomic mass is 16.1. The third kappa shape index (κ3) is 2.09. The van der Waals surface area contributed by atoms with Gasteiger partial charge in [-0.3, -0.25) is 0 Å². The number of nitrogens with zero attached hydrogens (tertiary/aromatic N) is 1. The lowest BCUT2D eigenvalue weighted by Gasteiger charge is -1.96. The number of aromatic nitrogens is 1. The van der Waals surface area contributed by atoms with Gasteiger partial charge >= 0.3 is 0 Å². The van der Waals surface area contributed by atoms with Crippen LogP contribution in [-0.4, -0.2) is 10.9 Å². The molecule has 0 saturated heterocycles. The number of aldehydes is 1. The van der Waals surface area contributed by atoms with Crippen LogP contribution in [0.25, 0.3) is 10.9 Å². The Kier molecular flexibility index (Phi) is 3.67. The van der Waals surface area contributed by atoms with Crippen LogP contribution >= 0.6 is 0 Å². The maximum Gasteiger partial charge on any atom is 0.116 e. The first kappa shape index (κ1) is 11.5. The molecule has 0 bridgehead atoms. The van der Waals surface area contributed by atoms with E-state index in [0.717, 1.165) is 6.29 Å². The number of carbonyl (C=O) groups is 1. The minimum Gasteiger partial charge on any atom is -0.348 e. The van der Waals surface area contributed by atoms with Gasteiger partial charge in [-0.1, -0.05) is 18.2 Å². The Balaban J connectivity index is 0.000000337. The zero-order valence-corrected chi connectivity index (χ0v) is 9.74. The maximum atomic E-state index is 8.81. The molecule has 1 heterocycles. The molecule has 2 heteroatoms. The molecule has 0 saturated carbocycles. The first-order valence-corrected chi connectivity index (χ1v) is 5.03. The molecule has 0 radical (unpaired) electrons. The van der Waals surface area contributed by atoms with Gasteiger partial charge < -0.3 is 9.36 Å². The zero-order valence-electron chi connectivity index (χ0n) is 9.74. The van der Waals surface area contributed by atoms with Crippen molar-refractivity contribution in [3.8, 4) is 0 Å². The third-order valence-electron chi connectivity index (χ3n) is 2.72. The fourth-order valence-electron chi connectivity index (χ4n) is 1.71. The van der Waals surface area contributed by atoms with Crippen LogP contribution in [0.3, 0.4) is 0 Å². The molecule has 2 aromatic rings. The van der Waals surface area contributed by atoms with Crippen molar-refractivity contribution in [3.05, 3.63) is 35.5 Å². The van der Waals surface area contributed by atoms with Crippen molar-refractivity contribution in [3.63, 3.8) is 0 Å². The molecule has 0 aliphatic carbocycles. The van der Waals surface area contributed by atoms with Gasteiger partial charge in [0, 0.05) is 23.6 Å². The van der Waals surface area contributed by atoms with Crippen LogP contribution in [0.15, 0.2) is 24.3 Å². The van der Waals surface area contributed by atoms with Gasteiger partial charge in [0.15, 0.2) is 0 Å². The van der Waals surface area contributed by atoms with E-state index in [1.54, 1.807) is 0 Å². The van der Waals surface area contributed by atoms with E-state index in [1.807, 2.05) is 0 Å². The Labute approximate surface area is 90.5 Å². The first-order chi connectivity index (χ1) is 7.13. The lowest BCUT2D eigenvalue weighted by atomic mass is 10.2. The monoisotopic (exact) mass is 203 g/mol. The SMILES string of the molecule is CC=O.Cc1c(C)n(C)c2ccccc12. The number of para-hydroxylation sites is 1. The van der Waals surface area contributed by atoms with E-state index in [0.29, 0.717) is 0 Å². The van der Waals surface area contributed by atoms with E-state index >= 15 is 0 Å². The van der Waals surface area contributed by atoms with Crippen molar-refractivity contribution in [1.29, 1.82) is 0 Å². The van der Waals surface area contributed by atoms with Gasteiger partial charge in [0.25, 0.3) is 0 Å². The summed E-state index contributed by atoms with van der Waals surface area (Å²) in [5, 5.41) is 1.37. The summed E-state index contributed by atoms with van der Waals surface area (Å²) in [4.78, 5) is 8.81. The largest absolute Gasteiger partial charge is 0.348 e. The number of hydrogen-bond acceptors (Lipinski definition) is 1. The van der Waals surface area contributed by atoms with Gasteiger partial charge in [-0.05, 0) is 32.4 Å². The molecule has 0 unspecified atom stereocenters. The van der Waals surface area contributed by atoms with E-state index in [1.165, 1.54) is 29.1 Å². The van der Waals surface area contributed by atoms with E-state index in [4.69, 9.17) is 4.79 Å². The van der Waals surface area contributed by atoms with E-state index in [2.05, 4.69) is 49.7 Å². The van der Waals surface area contributed by atoms with Crippen LogP contribution in [0, 0.1) is 13.8 Å². The average Bonchev–Trinajstić information content (AvgIpc) is 2.46. The molecule has 0 N–H and O–H groups in total. The Morgan fingerprint density at radius 1 is 1.20 bits per heavy atom. The second kappa shape index (κ2) is 4.78. The van der Waals surface area contributed by atoms with E-state index < -0.39 is 0 Å². The van der Waals surface area contributed by atoms with Crippen LogP contribution in [0.2, 0.25) is 0 Å². The molecule has 2 nitrogen and oxygen atoms in total. The number of aryl methyl sites for hydroxylation is 2. The standard InChI is InChI=1S/C11H13N.C2H4O/c1-8-9(2)12(3)11-7-5-4-6-10(8)11;1-2-3/h4-7H,1-3H3;2H,1H3. The molecular formula is C13H17NO. The Morgan fingerprint density at radius 2 is 1.73 bits per heavy atom. The van der Waals surface area contributed by atoms with Crippen molar-refractivity contribution >= 4 is 17.2 Å². The summed E-state index contributed by atoms with van der Waals surface area (Å²) in [6.07, 6.45) is 0.750. The molecule has 0 atom stereocenters. The number of fused-ring (bicyclic) bond motifs is 1. The second-order valence-corrected chi connectivity index (χ2v) is 3.52. The summed E-state index contributed by atoms with van der Waals surface area (Å²) in [5.41, 5.74) is 4.08. The number of carbonyl (C=O) groups excluding carboxylic acids is 1. The molecule has 15 heavy (non-hydrogen) atoms. The molecular weight excluding hydrogens is 186 g/mol. The summed E-state index contributed by atoms with van der Waals surface area (Å²) in [6, 6.07) is 8.52. The number of rotatable bonds is 0.